The molecule has 1 aromatic carbocycles. The van der Waals surface area contributed by atoms with Crippen LogP contribution in [0.15, 0.2) is 24.3 Å². The Morgan fingerprint density at radius 3 is 2.43 bits per heavy atom. The first-order chi connectivity index (χ1) is 10.1. The maximum absolute atomic E-state index is 12.1. The van der Waals surface area contributed by atoms with Crippen LogP contribution in [0.4, 0.5) is 16.2 Å². The number of urea groups is 1. The van der Waals surface area contributed by atoms with E-state index in [2.05, 4.69) is 10.6 Å². The van der Waals surface area contributed by atoms with Gasteiger partial charge in [0.1, 0.15) is 0 Å². The Bertz CT molecular complexity index is 501. The van der Waals surface area contributed by atoms with Gasteiger partial charge in [-0.2, -0.15) is 0 Å². The lowest BCUT2D eigenvalue weighted by Crippen LogP contribution is -2.46. The molecule has 0 radical (unpaired) electrons. The lowest BCUT2D eigenvalue weighted by Gasteiger charge is -2.31. The van der Waals surface area contributed by atoms with Gasteiger partial charge in [-0.25, -0.2) is 4.79 Å². The van der Waals surface area contributed by atoms with Crippen LogP contribution in [0.3, 0.4) is 0 Å². The average molecular weight is 291 g/mol. The molecule has 2 rings (SSSR count). The molecular formula is C15H21N3O3. The quantitative estimate of drug-likeness (QED) is 0.897. The van der Waals surface area contributed by atoms with Crippen LogP contribution in [0.1, 0.15) is 20.3 Å². The molecule has 6 heteroatoms. The molecule has 0 aliphatic carbocycles. The highest BCUT2D eigenvalue weighted by atomic mass is 16.5. The first-order valence-corrected chi connectivity index (χ1v) is 7.16. The van der Waals surface area contributed by atoms with E-state index in [9.17, 15) is 9.59 Å². The normalized spacial score (nSPS) is 18.2. The lowest BCUT2D eigenvalue weighted by molar-refractivity contribution is -0.115. The molecule has 1 fully saturated rings. The van der Waals surface area contributed by atoms with Gasteiger partial charge in [0.05, 0.1) is 12.7 Å². The van der Waals surface area contributed by atoms with Crippen molar-refractivity contribution in [3.63, 3.8) is 0 Å². The fraction of sp³-hybridized carbons (Fsp3) is 0.467. The largest absolute Gasteiger partial charge is 0.375 e. The zero-order valence-corrected chi connectivity index (χ0v) is 12.4. The zero-order valence-electron chi connectivity index (χ0n) is 12.4. The molecule has 1 aliphatic rings. The molecule has 0 spiro atoms. The number of hydrogen-bond acceptors (Lipinski definition) is 3. The van der Waals surface area contributed by atoms with Crippen molar-refractivity contribution < 1.29 is 14.3 Å². The Kier molecular flexibility index (Phi) is 5.16. The molecule has 1 aliphatic heterocycles. The van der Waals surface area contributed by atoms with Crippen molar-refractivity contribution in [1.29, 1.82) is 0 Å². The summed E-state index contributed by atoms with van der Waals surface area (Å²) in [7, 11) is 0. The number of hydrogen-bond donors (Lipinski definition) is 2. The molecule has 1 atom stereocenters. The molecule has 114 valence electrons. The second-order valence-electron chi connectivity index (χ2n) is 5.04. The molecule has 1 heterocycles. The number of benzene rings is 1. The van der Waals surface area contributed by atoms with Gasteiger partial charge < -0.3 is 20.3 Å². The van der Waals surface area contributed by atoms with Gasteiger partial charge in [-0.05, 0) is 31.2 Å². The summed E-state index contributed by atoms with van der Waals surface area (Å²) in [5.74, 6) is -0.0333. The van der Waals surface area contributed by atoms with E-state index in [1.807, 2.05) is 6.92 Å². The van der Waals surface area contributed by atoms with Gasteiger partial charge in [-0.3, -0.25) is 4.79 Å². The average Bonchev–Trinajstić information content (AvgIpc) is 2.49. The Hall–Kier alpha value is -2.08. The van der Waals surface area contributed by atoms with E-state index in [-0.39, 0.29) is 18.0 Å². The third kappa shape index (κ3) is 4.46. The SMILES string of the molecule is CCC(=O)Nc1ccc(NC(=O)N2CCO[C@@H](C)C2)cc1. The fourth-order valence-corrected chi connectivity index (χ4v) is 2.09. The van der Waals surface area contributed by atoms with Crippen LogP contribution in [0.25, 0.3) is 0 Å². The molecular weight excluding hydrogens is 270 g/mol. The summed E-state index contributed by atoms with van der Waals surface area (Å²) >= 11 is 0. The summed E-state index contributed by atoms with van der Waals surface area (Å²) < 4.78 is 5.41. The van der Waals surface area contributed by atoms with Gasteiger partial charge in [0.2, 0.25) is 5.91 Å². The first-order valence-electron chi connectivity index (χ1n) is 7.16. The maximum Gasteiger partial charge on any atom is 0.322 e. The van der Waals surface area contributed by atoms with E-state index < -0.39 is 0 Å². The Balaban J connectivity index is 1.90. The topological polar surface area (TPSA) is 70.7 Å². The second kappa shape index (κ2) is 7.08. The van der Waals surface area contributed by atoms with E-state index in [0.717, 1.165) is 5.69 Å². The van der Waals surface area contributed by atoms with Crippen molar-refractivity contribution in [1.82, 2.24) is 4.90 Å². The van der Waals surface area contributed by atoms with Crippen molar-refractivity contribution in [2.45, 2.75) is 26.4 Å². The smallest absolute Gasteiger partial charge is 0.322 e. The summed E-state index contributed by atoms with van der Waals surface area (Å²) in [6.07, 6.45) is 0.504. The van der Waals surface area contributed by atoms with Crippen molar-refractivity contribution in [3.05, 3.63) is 24.3 Å². The Labute approximate surface area is 124 Å². The van der Waals surface area contributed by atoms with Gasteiger partial charge in [-0.15, -0.1) is 0 Å². The number of morpholine rings is 1. The van der Waals surface area contributed by atoms with Crippen LogP contribution < -0.4 is 10.6 Å². The maximum atomic E-state index is 12.1. The number of nitrogens with zero attached hydrogens (tertiary/aromatic N) is 1. The summed E-state index contributed by atoms with van der Waals surface area (Å²) in [5, 5.41) is 5.61. The lowest BCUT2D eigenvalue weighted by atomic mass is 10.2. The summed E-state index contributed by atoms with van der Waals surface area (Å²) in [6, 6.07) is 6.95. The van der Waals surface area contributed by atoms with E-state index in [1.54, 1.807) is 36.1 Å². The third-order valence-electron chi connectivity index (χ3n) is 3.27. The Morgan fingerprint density at radius 1 is 1.24 bits per heavy atom. The predicted molar refractivity (Wildman–Crippen MR) is 81.4 cm³/mol. The third-order valence-corrected chi connectivity index (χ3v) is 3.27. The molecule has 21 heavy (non-hydrogen) atoms. The van der Waals surface area contributed by atoms with Crippen LogP contribution in [0.2, 0.25) is 0 Å². The molecule has 2 N–H and O–H groups in total. The van der Waals surface area contributed by atoms with Crippen LogP contribution in [0, 0.1) is 0 Å². The van der Waals surface area contributed by atoms with Gasteiger partial charge in [0, 0.05) is 30.9 Å². The van der Waals surface area contributed by atoms with Gasteiger partial charge in [0.15, 0.2) is 0 Å². The number of nitrogens with one attached hydrogen (secondary N) is 2. The minimum atomic E-state index is -0.129. The molecule has 3 amide bonds. The van der Waals surface area contributed by atoms with Crippen LogP contribution in [-0.4, -0.2) is 42.6 Å². The van der Waals surface area contributed by atoms with Crippen LogP contribution >= 0.6 is 0 Å². The highest BCUT2D eigenvalue weighted by Gasteiger charge is 2.21. The zero-order chi connectivity index (χ0) is 15.2. The molecule has 0 bridgehead atoms. The fourth-order valence-electron chi connectivity index (χ4n) is 2.09. The monoisotopic (exact) mass is 291 g/mol. The first kappa shape index (κ1) is 15.3. The van der Waals surface area contributed by atoms with E-state index in [4.69, 9.17) is 4.74 Å². The predicted octanol–water partition coefficient (Wildman–Crippen LogP) is 2.29. The van der Waals surface area contributed by atoms with Crippen molar-refractivity contribution in [2.75, 3.05) is 30.3 Å². The molecule has 0 aromatic heterocycles. The Morgan fingerprint density at radius 2 is 1.86 bits per heavy atom. The van der Waals surface area contributed by atoms with Gasteiger partial charge in [-0.1, -0.05) is 6.92 Å². The summed E-state index contributed by atoms with van der Waals surface area (Å²) in [5.41, 5.74) is 1.42. The van der Waals surface area contributed by atoms with E-state index in [0.29, 0.717) is 31.8 Å². The number of carbonyl (C=O) groups is 2. The van der Waals surface area contributed by atoms with Crippen LogP contribution in [-0.2, 0) is 9.53 Å². The van der Waals surface area contributed by atoms with E-state index in [1.165, 1.54) is 0 Å². The number of anilines is 2. The molecule has 1 saturated heterocycles. The van der Waals surface area contributed by atoms with Crippen LogP contribution in [0.5, 0.6) is 0 Å². The minimum Gasteiger partial charge on any atom is -0.375 e. The molecule has 1 aromatic rings. The molecule has 0 unspecified atom stereocenters. The minimum absolute atomic E-state index is 0.0333. The number of ether oxygens (including phenoxy) is 1. The second-order valence-corrected chi connectivity index (χ2v) is 5.04. The number of amides is 3. The highest BCUT2D eigenvalue weighted by molar-refractivity contribution is 5.92. The highest BCUT2D eigenvalue weighted by Crippen LogP contribution is 2.15. The van der Waals surface area contributed by atoms with Crippen molar-refractivity contribution >= 4 is 23.3 Å². The van der Waals surface area contributed by atoms with Gasteiger partial charge >= 0.3 is 6.03 Å². The van der Waals surface area contributed by atoms with Crippen molar-refractivity contribution in [2.24, 2.45) is 0 Å². The summed E-state index contributed by atoms with van der Waals surface area (Å²) in [4.78, 5) is 25.1. The van der Waals surface area contributed by atoms with E-state index >= 15 is 0 Å². The molecule has 0 saturated carbocycles. The number of rotatable bonds is 3. The molecule has 6 nitrogen and oxygen atoms in total. The van der Waals surface area contributed by atoms with Gasteiger partial charge in [0.25, 0.3) is 0 Å². The van der Waals surface area contributed by atoms with Crippen molar-refractivity contribution in [3.8, 4) is 0 Å². The summed E-state index contributed by atoms with van der Waals surface area (Å²) in [6.45, 7) is 5.51. The number of carbonyl (C=O) groups excluding carboxylic acids is 2. The standard InChI is InChI=1S/C15H21N3O3/c1-3-14(19)16-12-4-6-13(7-5-12)17-15(20)18-8-9-21-11(2)10-18/h4-7,11H,3,8-10H2,1-2H3,(H,16,19)(H,17,20)/t11-/m0/s1.